The van der Waals surface area contributed by atoms with Crippen LogP contribution >= 0.6 is 15.9 Å². The number of nitrogens with one attached hydrogen (secondary N) is 1. The van der Waals surface area contributed by atoms with Crippen molar-refractivity contribution in [1.29, 1.82) is 5.26 Å². The molecule has 30 heavy (non-hydrogen) atoms. The minimum atomic E-state index is -1.06. The minimum Gasteiger partial charge on any atom is -0.444 e. The summed E-state index contributed by atoms with van der Waals surface area (Å²) in [6.07, 6.45) is 1.58. The largest absolute Gasteiger partial charge is 0.444 e. The second-order valence-corrected chi connectivity index (χ2v) is 9.67. The van der Waals surface area contributed by atoms with E-state index < -0.39 is 41.3 Å². The van der Waals surface area contributed by atoms with Gasteiger partial charge in [0, 0.05) is 12.5 Å². The number of piperidine rings is 1. The molecular weight excluding hydrogens is 460 g/mol. The van der Waals surface area contributed by atoms with E-state index in [-0.39, 0.29) is 28.4 Å². The molecule has 2 fully saturated rings. The Balaban J connectivity index is 1.73. The van der Waals surface area contributed by atoms with Crippen LogP contribution in [0, 0.1) is 28.9 Å². The predicted molar refractivity (Wildman–Crippen MR) is 108 cm³/mol. The van der Waals surface area contributed by atoms with Crippen LogP contribution in [0.1, 0.15) is 45.6 Å². The topological polar surface area (TPSA) is 82.4 Å². The van der Waals surface area contributed by atoms with Gasteiger partial charge in [0.05, 0.1) is 10.5 Å². The molecule has 1 saturated heterocycles. The summed E-state index contributed by atoms with van der Waals surface area (Å²) in [6.45, 7) is 5.27. The maximum Gasteiger partial charge on any atom is 0.411 e. The van der Waals surface area contributed by atoms with Crippen LogP contribution in [0.25, 0.3) is 0 Å². The van der Waals surface area contributed by atoms with Crippen LogP contribution in [-0.4, -0.2) is 40.6 Å². The van der Waals surface area contributed by atoms with E-state index in [1.807, 2.05) is 6.07 Å². The Morgan fingerprint density at radius 3 is 2.67 bits per heavy atom. The van der Waals surface area contributed by atoms with Gasteiger partial charge in [0.2, 0.25) is 5.91 Å². The van der Waals surface area contributed by atoms with Crippen LogP contribution in [-0.2, 0) is 16.0 Å². The van der Waals surface area contributed by atoms with E-state index >= 15 is 0 Å². The van der Waals surface area contributed by atoms with Crippen molar-refractivity contribution in [3.05, 3.63) is 33.8 Å². The maximum absolute atomic E-state index is 14.1. The first kappa shape index (κ1) is 22.5. The van der Waals surface area contributed by atoms with Crippen LogP contribution in [0.2, 0.25) is 0 Å². The molecule has 1 aromatic rings. The molecule has 0 radical (unpaired) electrons. The number of nitriles is 1. The molecule has 9 heteroatoms. The quantitative estimate of drug-likeness (QED) is 0.654. The number of rotatable bonds is 4. The first-order chi connectivity index (χ1) is 14.0. The normalized spacial score (nSPS) is 23.8. The molecule has 162 valence electrons. The third-order valence-electron chi connectivity index (χ3n) is 5.44. The Morgan fingerprint density at radius 1 is 1.33 bits per heavy atom. The Morgan fingerprint density at radius 2 is 2.03 bits per heavy atom. The number of benzene rings is 1. The fourth-order valence-electron chi connectivity index (χ4n) is 4.23. The molecular formula is C21H24BrF2N3O3. The van der Waals surface area contributed by atoms with Gasteiger partial charge < -0.3 is 10.1 Å². The molecule has 1 aliphatic heterocycles. The molecule has 2 amide bonds. The molecule has 0 aromatic heterocycles. The molecule has 2 aliphatic rings. The van der Waals surface area contributed by atoms with E-state index in [2.05, 4.69) is 21.2 Å². The molecule has 1 N–H and O–H groups in total. The summed E-state index contributed by atoms with van der Waals surface area (Å²) in [4.78, 5) is 27.2. The second-order valence-electron chi connectivity index (χ2n) is 8.81. The van der Waals surface area contributed by atoms with E-state index in [0.29, 0.717) is 6.42 Å². The molecule has 1 aliphatic carbocycles. The molecule has 4 atom stereocenters. The molecule has 1 heterocycles. The van der Waals surface area contributed by atoms with Gasteiger partial charge in [-0.2, -0.15) is 5.26 Å². The Kier molecular flexibility index (Phi) is 6.37. The van der Waals surface area contributed by atoms with Gasteiger partial charge in [0.1, 0.15) is 29.3 Å². The molecule has 4 unspecified atom stereocenters. The fraction of sp³-hybridized carbons (Fsp3) is 0.571. The summed E-state index contributed by atoms with van der Waals surface area (Å²) in [5.41, 5.74) is -0.710. The summed E-state index contributed by atoms with van der Waals surface area (Å²) in [5.74, 6) is -1.81. The van der Waals surface area contributed by atoms with Gasteiger partial charge in [-0.1, -0.05) is 0 Å². The van der Waals surface area contributed by atoms with Gasteiger partial charge in [-0.15, -0.1) is 0 Å². The third-order valence-corrected chi connectivity index (χ3v) is 6.05. The molecule has 0 spiro atoms. The number of fused-ring (bicyclic) bond motifs is 2. The highest BCUT2D eigenvalue weighted by Crippen LogP contribution is 2.43. The van der Waals surface area contributed by atoms with Gasteiger partial charge in [-0.05, 0) is 79.6 Å². The Bertz CT molecular complexity index is 897. The van der Waals surface area contributed by atoms with Gasteiger partial charge in [-0.3, -0.25) is 9.69 Å². The fourth-order valence-corrected chi connectivity index (χ4v) is 4.54. The van der Waals surface area contributed by atoms with E-state index in [4.69, 9.17) is 4.74 Å². The lowest BCUT2D eigenvalue weighted by molar-refractivity contribution is -0.128. The Labute approximate surface area is 182 Å². The highest BCUT2D eigenvalue weighted by Gasteiger charge is 2.52. The third kappa shape index (κ3) is 4.75. The second kappa shape index (κ2) is 8.50. The summed E-state index contributed by atoms with van der Waals surface area (Å²) < 4.78 is 33.3. The van der Waals surface area contributed by atoms with E-state index in [0.717, 1.165) is 25.0 Å². The van der Waals surface area contributed by atoms with Crippen LogP contribution in [0.3, 0.4) is 0 Å². The van der Waals surface area contributed by atoms with Gasteiger partial charge in [-0.25, -0.2) is 13.6 Å². The zero-order valence-electron chi connectivity index (χ0n) is 17.0. The van der Waals surface area contributed by atoms with Gasteiger partial charge in [0.15, 0.2) is 0 Å². The lowest BCUT2D eigenvalue weighted by Crippen LogP contribution is -2.55. The number of hydrogen-bond donors (Lipinski definition) is 1. The maximum atomic E-state index is 14.1. The molecule has 2 bridgehead atoms. The van der Waals surface area contributed by atoms with Gasteiger partial charge >= 0.3 is 6.09 Å². The summed E-state index contributed by atoms with van der Waals surface area (Å²) in [6, 6.07) is 2.04. The van der Waals surface area contributed by atoms with Crippen molar-refractivity contribution in [3.63, 3.8) is 0 Å². The van der Waals surface area contributed by atoms with Crippen molar-refractivity contribution in [2.45, 2.75) is 70.2 Å². The van der Waals surface area contributed by atoms with E-state index in [1.54, 1.807) is 20.8 Å². The summed E-state index contributed by atoms with van der Waals surface area (Å²) in [7, 11) is 0. The number of likely N-dealkylation sites (tertiary alicyclic amines) is 1. The highest BCUT2D eigenvalue weighted by molar-refractivity contribution is 9.10. The molecule has 6 nitrogen and oxygen atoms in total. The molecule has 3 rings (SSSR count). The number of carbonyl (C=O) groups excluding carboxylic acids is 2. The number of hydrogen-bond acceptors (Lipinski definition) is 4. The van der Waals surface area contributed by atoms with Crippen molar-refractivity contribution in [3.8, 4) is 6.07 Å². The number of carbonyl (C=O) groups is 2. The number of nitrogens with zero attached hydrogens (tertiary/aromatic N) is 2. The number of ether oxygens (including phenoxy) is 1. The van der Waals surface area contributed by atoms with Gasteiger partial charge in [0.25, 0.3) is 0 Å². The predicted octanol–water partition coefficient (Wildman–Crippen LogP) is 4.07. The van der Waals surface area contributed by atoms with Crippen LogP contribution in [0.4, 0.5) is 13.6 Å². The first-order valence-corrected chi connectivity index (χ1v) is 10.6. The zero-order valence-corrected chi connectivity index (χ0v) is 18.6. The average Bonchev–Trinajstić information content (AvgIpc) is 3.25. The van der Waals surface area contributed by atoms with Crippen molar-refractivity contribution in [1.82, 2.24) is 10.2 Å². The summed E-state index contributed by atoms with van der Waals surface area (Å²) in [5, 5.41) is 12.1. The van der Waals surface area contributed by atoms with E-state index in [1.165, 1.54) is 4.90 Å². The summed E-state index contributed by atoms with van der Waals surface area (Å²) >= 11 is 2.91. The monoisotopic (exact) mass is 483 g/mol. The average molecular weight is 484 g/mol. The van der Waals surface area contributed by atoms with Crippen molar-refractivity contribution >= 4 is 27.9 Å². The van der Waals surface area contributed by atoms with Crippen LogP contribution in [0.15, 0.2) is 16.6 Å². The SMILES string of the molecule is CC(C)(C)OC(=O)N1C2CCC(C2)C1C(=O)NC(C#N)Cc1cc(F)c(Br)cc1F. The lowest BCUT2D eigenvalue weighted by atomic mass is 9.97. The molecule has 1 saturated carbocycles. The van der Waals surface area contributed by atoms with Crippen LogP contribution in [0.5, 0.6) is 0 Å². The standard InChI is InChI=1S/C21H24BrF2N3O3/c1-21(2,3)30-20(29)27-14-5-4-11(7-14)18(27)19(28)26-13(10-25)6-12-8-17(24)15(22)9-16(12)23/h8-9,11,13-14,18H,4-7H2,1-3H3,(H,26,28). The minimum absolute atomic E-state index is 0.0104. The van der Waals surface area contributed by atoms with Crippen molar-refractivity contribution < 1.29 is 23.1 Å². The first-order valence-electron chi connectivity index (χ1n) is 9.85. The number of halogens is 3. The molecule has 1 aromatic carbocycles. The van der Waals surface area contributed by atoms with Crippen molar-refractivity contribution in [2.24, 2.45) is 5.92 Å². The van der Waals surface area contributed by atoms with Crippen LogP contribution < -0.4 is 5.32 Å². The lowest BCUT2D eigenvalue weighted by Gasteiger charge is -2.35. The zero-order chi connectivity index (χ0) is 22.2. The van der Waals surface area contributed by atoms with Crippen molar-refractivity contribution in [2.75, 3.05) is 0 Å². The smallest absolute Gasteiger partial charge is 0.411 e. The number of amides is 2. The highest BCUT2D eigenvalue weighted by atomic mass is 79.9. The Hall–Kier alpha value is -2.21. The van der Waals surface area contributed by atoms with E-state index in [9.17, 15) is 23.6 Å².